The molecule has 0 spiro atoms. The number of nitrogens with zero attached hydrogens (tertiary/aromatic N) is 3. The quantitative estimate of drug-likeness (QED) is 0.0672. The molecule has 0 amide bonds. The van der Waals surface area contributed by atoms with Crippen molar-refractivity contribution in [1.82, 2.24) is 30.7 Å². The fraction of sp³-hybridized carbons (Fsp3) is 0.389. The molecule has 7 nitrogen and oxygen atoms in total. The van der Waals surface area contributed by atoms with E-state index in [1.807, 2.05) is 37.3 Å². The molecule has 1 aromatic heterocycles. The monoisotopic (exact) mass is 980 g/mol. The molecule has 70 heavy (non-hydrogen) atoms. The van der Waals surface area contributed by atoms with Crippen LogP contribution in [-0.2, 0) is 32.0 Å². The number of hydrogen-bond donors (Lipinski definition) is 3. The Labute approximate surface area is 404 Å². The van der Waals surface area contributed by atoms with Gasteiger partial charge in [-0.3, -0.25) is 14.8 Å². The highest BCUT2D eigenvalue weighted by molar-refractivity contribution is 5.84. The van der Waals surface area contributed by atoms with Crippen LogP contribution in [0.2, 0.25) is 0 Å². The van der Waals surface area contributed by atoms with Crippen molar-refractivity contribution in [3.8, 4) is 17.0 Å². The summed E-state index contributed by atoms with van der Waals surface area (Å²) in [7, 11) is 0. The lowest BCUT2D eigenvalue weighted by Crippen LogP contribution is -2.55. The number of aromatic nitrogens is 1. The molecule has 7 rings (SSSR count). The predicted octanol–water partition coefficient (Wildman–Crippen LogP) is 12.6. The predicted molar refractivity (Wildman–Crippen MR) is 257 cm³/mol. The van der Waals surface area contributed by atoms with Crippen LogP contribution >= 0.6 is 0 Å². The molecule has 2 fully saturated rings. The van der Waals surface area contributed by atoms with Crippen LogP contribution in [0, 0.1) is 6.92 Å². The maximum absolute atomic E-state index is 13.8. The molecule has 0 atom stereocenters. The van der Waals surface area contributed by atoms with Gasteiger partial charge in [-0.1, -0.05) is 92.7 Å². The van der Waals surface area contributed by atoms with Gasteiger partial charge in [0, 0.05) is 63.6 Å². The van der Waals surface area contributed by atoms with Gasteiger partial charge < -0.3 is 20.7 Å². The van der Waals surface area contributed by atoms with E-state index in [2.05, 4.69) is 49.0 Å². The zero-order chi connectivity index (χ0) is 50.5. The summed E-state index contributed by atoms with van der Waals surface area (Å²) in [5.74, 6) is -0.247. The summed E-state index contributed by atoms with van der Waals surface area (Å²) < 4.78 is 122. The lowest BCUT2D eigenvalue weighted by atomic mass is 9.85. The molecule has 0 bridgehead atoms. The van der Waals surface area contributed by atoms with Crippen molar-refractivity contribution in [2.24, 2.45) is 0 Å². The van der Waals surface area contributed by atoms with Gasteiger partial charge >= 0.3 is 18.7 Å². The molecule has 2 aliphatic heterocycles. The lowest BCUT2D eigenvalue weighted by molar-refractivity contribution is -0.274. The van der Waals surface area contributed by atoms with E-state index in [1.54, 1.807) is 43.3 Å². The molecule has 0 aliphatic carbocycles. The molecule has 3 N–H and O–H groups in total. The molecule has 0 unspecified atom stereocenters. The Morgan fingerprint density at radius 2 is 1.44 bits per heavy atom. The first-order chi connectivity index (χ1) is 33.3. The highest BCUT2D eigenvalue weighted by atomic mass is 19.4. The van der Waals surface area contributed by atoms with Gasteiger partial charge in [0.25, 0.3) is 0 Å². The summed E-state index contributed by atoms with van der Waals surface area (Å²) in [5.41, 5.74) is 5.54. The molecule has 16 heteroatoms. The SMILES string of the molecule is C/C=C(/c1ccccc1C(F)(F)F)c1c(C)cccc1CN1CCN(Cc2ccc(OC(F)(F)F)cc2)CC1.C=C(NCCCC)C1(NCc2cccc(-c3cccc(C(F)(F)F)c3)n2)CCNCC1. The molecule has 0 saturated carbocycles. The zero-order valence-corrected chi connectivity index (χ0v) is 39.7. The second-order valence-electron chi connectivity index (χ2n) is 17.6. The van der Waals surface area contributed by atoms with Crippen LogP contribution in [0.25, 0.3) is 16.8 Å². The van der Waals surface area contributed by atoms with Crippen LogP contribution in [0.15, 0.2) is 128 Å². The topological polar surface area (TPSA) is 64.7 Å². The van der Waals surface area contributed by atoms with Crippen LogP contribution in [0.5, 0.6) is 5.75 Å². The van der Waals surface area contributed by atoms with Crippen LogP contribution in [0.4, 0.5) is 39.5 Å². The van der Waals surface area contributed by atoms with Gasteiger partial charge in [-0.15, -0.1) is 13.2 Å². The Hall–Kier alpha value is -5.68. The van der Waals surface area contributed by atoms with Crippen molar-refractivity contribution >= 4 is 5.57 Å². The van der Waals surface area contributed by atoms with Gasteiger partial charge in [0.1, 0.15) is 5.75 Å². The third kappa shape index (κ3) is 14.9. The minimum absolute atomic E-state index is 0.166. The van der Waals surface area contributed by atoms with Gasteiger partial charge in [-0.25, -0.2) is 0 Å². The first-order valence-electron chi connectivity index (χ1n) is 23.5. The fourth-order valence-electron chi connectivity index (χ4n) is 8.92. The number of ether oxygens (including phenoxy) is 1. The standard InChI is InChI=1S/C30H30F6N2O.C24H31F3N4/c1-3-25(26-9-4-5-10-27(26)29(31,32)33)28-21(2)7-6-8-23(28)20-38-17-15-37(16-18-38)19-22-11-13-24(14-12-22)39-30(34,35)36;1-3-4-13-29-18(2)23(11-14-28-15-12-23)30-17-21-9-6-10-22(31-21)19-7-5-8-20(16-19)24(25,26)27/h3-14H,15-20H2,1-2H3;5-10,16,28-30H,2-4,11-15,17H2,1H3/b25-3-;. The van der Waals surface area contributed by atoms with E-state index >= 15 is 0 Å². The van der Waals surface area contributed by atoms with Crippen molar-refractivity contribution in [1.29, 1.82) is 0 Å². The number of rotatable bonds is 16. The van der Waals surface area contributed by atoms with Gasteiger partial charge in [0.2, 0.25) is 0 Å². The average molecular weight is 981 g/mol. The highest BCUT2D eigenvalue weighted by Gasteiger charge is 2.36. The second kappa shape index (κ2) is 24.0. The molecule has 4 aromatic carbocycles. The van der Waals surface area contributed by atoms with E-state index < -0.39 is 29.8 Å². The number of halogens is 9. The van der Waals surface area contributed by atoms with Crippen molar-refractivity contribution < 1.29 is 44.3 Å². The van der Waals surface area contributed by atoms with E-state index in [0.29, 0.717) is 36.5 Å². The van der Waals surface area contributed by atoms with E-state index in [-0.39, 0.29) is 16.9 Å². The molecule has 376 valence electrons. The molecule has 5 aromatic rings. The molecule has 2 aliphatic rings. The van der Waals surface area contributed by atoms with Crippen LogP contribution in [0.3, 0.4) is 0 Å². The second-order valence-corrected chi connectivity index (χ2v) is 17.6. The van der Waals surface area contributed by atoms with Gasteiger partial charge in [-0.2, -0.15) is 26.3 Å². The summed E-state index contributed by atoms with van der Waals surface area (Å²) in [5, 5.41) is 10.5. The number of aryl methyl sites for hydroxylation is 1. The third-order valence-corrected chi connectivity index (χ3v) is 12.7. The third-order valence-electron chi connectivity index (χ3n) is 12.7. The number of pyridine rings is 1. The first-order valence-corrected chi connectivity index (χ1v) is 23.5. The van der Waals surface area contributed by atoms with Crippen molar-refractivity contribution in [3.05, 3.63) is 172 Å². The number of piperidine rings is 1. The number of hydrogen-bond acceptors (Lipinski definition) is 7. The average Bonchev–Trinajstić information content (AvgIpc) is 3.33. The van der Waals surface area contributed by atoms with Crippen molar-refractivity contribution in [2.45, 2.75) is 90.3 Å². The minimum Gasteiger partial charge on any atom is -0.406 e. The van der Waals surface area contributed by atoms with E-state index in [0.717, 1.165) is 123 Å². The van der Waals surface area contributed by atoms with Crippen LogP contribution in [-0.4, -0.2) is 72.5 Å². The fourth-order valence-corrected chi connectivity index (χ4v) is 8.92. The molecule has 0 radical (unpaired) electrons. The lowest BCUT2D eigenvalue weighted by Gasteiger charge is -2.40. The van der Waals surface area contributed by atoms with Gasteiger partial charge in [0.15, 0.2) is 0 Å². The van der Waals surface area contributed by atoms with E-state index in [9.17, 15) is 39.5 Å². The Balaban J connectivity index is 0.000000236. The molecular weight excluding hydrogens is 920 g/mol. The Morgan fingerprint density at radius 3 is 2.09 bits per heavy atom. The minimum atomic E-state index is -4.72. The molecular formula is C54H61F9N6O. The number of piperazine rings is 1. The number of unbranched alkanes of at least 4 members (excludes halogenated alkanes) is 1. The summed E-state index contributed by atoms with van der Waals surface area (Å²) in [6.45, 7) is 17.6. The van der Waals surface area contributed by atoms with E-state index in [1.165, 1.54) is 30.3 Å². The first kappa shape index (κ1) is 53.7. The highest BCUT2D eigenvalue weighted by Crippen LogP contribution is 2.39. The molecule has 3 heterocycles. The summed E-state index contributed by atoms with van der Waals surface area (Å²) in [6, 6.07) is 28.1. The number of benzene rings is 4. The van der Waals surface area contributed by atoms with Crippen molar-refractivity contribution in [2.75, 3.05) is 45.8 Å². The van der Waals surface area contributed by atoms with E-state index in [4.69, 9.17) is 0 Å². The maximum Gasteiger partial charge on any atom is 0.573 e. The van der Waals surface area contributed by atoms with Gasteiger partial charge in [0.05, 0.1) is 28.1 Å². The summed E-state index contributed by atoms with van der Waals surface area (Å²) >= 11 is 0. The largest absolute Gasteiger partial charge is 0.573 e. The van der Waals surface area contributed by atoms with Gasteiger partial charge in [-0.05, 0) is 122 Å². The molecule has 2 saturated heterocycles. The van der Waals surface area contributed by atoms with Crippen LogP contribution in [0.1, 0.15) is 84.2 Å². The number of allylic oxidation sites excluding steroid dienone is 1. The Bertz CT molecular complexity index is 2510. The smallest absolute Gasteiger partial charge is 0.406 e. The Kier molecular flexibility index (Phi) is 18.4. The summed E-state index contributed by atoms with van der Waals surface area (Å²) in [4.78, 5) is 9.12. The maximum atomic E-state index is 13.8. The van der Waals surface area contributed by atoms with Crippen LogP contribution < -0.4 is 20.7 Å². The normalized spacial score (nSPS) is 16.0. The summed E-state index contributed by atoms with van der Waals surface area (Å²) in [6.07, 6.45) is -7.76. The number of alkyl halides is 9. The zero-order valence-electron chi connectivity index (χ0n) is 39.7. The Morgan fingerprint density at radius 1 is 0.786 bits per heavy atom. The van der Waals surface area contributed by atoms with Crippen molar-refractivity contribution in [3.63, 3.8) is 0 Å². The number of nitrogens with one attached hydrogen (secondary N) is 3.